The summed E-state index contributed by atoms with van der Waals surface area (Å²) in [6, 6.07) is 7.43. The van der Waals surface area contributed by atoms with Crippen molar-refractivity contribution in [2.75, 3.05) is 0 Å². The van der Waals surface area contributed by atoms with E-state index in [-0.39, 0.29) is 18.5 Å². The van der Waals surface area contributed by atoms with Crippen LogP contribution >= 0.6 is 11.6 Å². The quantitative estimate of drug-likeness (QED) is 0.677. The molecule has 0 aliphatic heterocycles. The Hall–Kier alpha value is -2.67. The minimum absolute atomic E-state index is 0.124. The number of rotatable bonds is 5. The molecule has 0 N–H and O–H groups in total. The van der Waals surface area contributed by atoms with Gasteiger partial charge in [-0.25, -0.2) is 0 Å². The molecular weight excluding hydrogens is 356 g/mol. The van der Waals surface area contributed by atoms with Crippen molar-refractivity contribution in [2.24, 2.45) is 0 Å². The third-order valence-corrected chi connectivity index (χ3v) is 4.70. The van der Waals surface area contributed by atoms with Gasteiger partial charge in [0.2, 0.25) is 11.8 Å². The molecular formula is C18H17ClN4O3. The summed E-state index contributed by atoms with van der Waals surface area (Å²) in [6.07, 6.45) is 1.92. The molecule has 3 aromatic rings. The van der Waals surface area contributed by atoms with Crippen LogP contribution in [-0.4, -0.2) is 32.2 Å². The molecule has 0 radical (unpaired) electrons. The number of nitrogens with zero attached hydrogens (tertiary/aromatic N) is 4. The number of carbonyl (C=O) groups excluding carboxylic acids is 1. The first-order chi connectivity index (χ1) is 12.5. The molecule has 0 atom stereocenters. The maximum Gasteiger partial charge on any atom is 0.260 e. The number of hydrogen-bond acceptors (Lipinski definition) is 6. The lowest BCUT2D eigenvalue weighted by Gasteiger charge is -2.20. The van der Waals surface area contributed by atoms with E-state index in [9.17, 15) is 4.79 Å². The van der Waals surface area contributed by atoms with E-state index in [1.165, 1.54) is 0 Å². The Morgan fingerprint density at radius 1 is 1.27 bits per heavy atom. The fourth-order valence-corrected chi connectivity index (χ4v) is 3.11. The number of benzene rings is 1. The molecule has 7 nitrogen and oxygen atoms in total. The molecule has 134 valence electrons. The smallest absolute Gasteiger partial charge is 0.260 e. The Morgan fingerprint density at radius 3 is 2.69 bits per heavy atom. The number of aromatic nitrogens is 3. The summed E-state index contributed by atoms with van der Waals surface area (Å²) in [7, 11) is 0. The van der Waals surface area contributed by atoms with Crippen molar-refractivity contribution in [1.29, 1.82) is 0 Å². The molecule has 4 rings (SSSR count). The molecule has 0 bridgehead atoms. The Morgan fingerprint density at radius 2 is 2.04 bits per heavy atom. The third-order valence-electron chi connectivity index (χ3n) is 4.37. The van der Waals surface area contributed by atoms with Crippen molar-refractivity contribution in [3.63, 3.8) is 0 Å². The topological polar surface area (TPSA) is 85.3 Å². The standard InChI is InChI=1S/C18H17ClN4O3/c1-10-16(11(2)26-22-10)18(24)23(12-7-8-12)9-15-20-21-17(25-15)13-5-3-4-6-14(13)19/h3-6,12H,7-9H2,1-2H3. The van der Waals surface area contributed by atoms with Crippen LogP contribution in [0.2, 0.25) is 5.02 Å². The Kier molecular flexibility index (Phi) is 4.24. The molecule has 1 saturated carbocycles. The van der Waals surface area contributed by atoms with Crippen LogP contribution in [0.3, 0.4) is 0 Å². The summed E-state index contributed by atoms with van der Waals surface area (Å²) in [6.45, 7) is 3.74. The number of halogens is 1. The Labute approximate surface area is 154 Å². The van der Waals surface area contributed by atoms with E-state index in [4.69, 9.17) is 20.5 Å². The number of amides is 1. The highest BCUT2D eigenvalue weighted by Crippen LogP contribution is 2.32. The summed E-state index contributed by atoms with van der Waals surface area (Å²) in [4.78, 5) is 14.7. The average molecular weight is 373 g/mol. The molecule has 0 saturated heterocycles. The van der Waals surface area contributed by atoms with Gasteiger partial charge in [-0.05, 0) is 38.8 Å². The summed E-state index contributed by atoms with van der Waals surface area (Å²) in [5.41, 5.74) is 1.76. The van der Waals surface area contributed by atoms with Crippen LogP contribution in [0.15, 0.2) is 33.2 Å². The van der Waals surface area contributed by atoms with E-state index < -0.39 is 0 Å². The van der Waals surface area contributed by atoms with Crippen molar-refractivity contribution in [3.8, 4) is 11.5 Å². The lowest BCUT2D eigenvalue weighted by molar-refractivity contribution is 0.0712. The van der Waals surface area contributed by atoms with Gasteiger partial charge in [0.15, 0.2) is 0 Å². The van der Waals surface area contributed by atoms with E-state index in [2.05, 4.69) is 15.4 Å². The largest absolute Gasteiger partial charge is 0.419 e. The SMILES string of the molecule is Cc1noc(C)c1C(=O)N(Cc1nnc(-c2ccccc2Cl)o1)C1CC1. The fourth-order valence-electron chi connectivity index (χ4n) is 2.89. The molecule has 8 heteroatoms. The zero-order chi connectivity index (χ0) is 18.3. The highest BCUT2D eigenvalue weighted by molar-refractivity contribution is 6.33. The van der Waals surface area contributed by atoms with Gasteiger partial charge in [-0.1, -0.05) is 28.9 Å². The molecule has 2 heterocycles. The summed E-state index contributed by atoms with van der Waals surface area (Å²) in [5.74, 6) is 1.10. The van der Waals surface area contributed by atoms with E-state index in [0.717, 1.165) is 12.8 Å². The van der Waals surface area contributed by atoms with Gasteiger partial charge in [0.25, 0.3) is 5.91 Å². The van der Waals surface area contributed by atoms with Gasteiger partial charge in [0, 0.05) is 6.04 Å². The van der Waals surface area contributed by atoms with Crippen molar-refractivity contribution >= 4 is 17.5 Å². The molecule has 1 aliphatic carbocycles. The van der Waals surface area contributed by atoms with Gasteiger partial charge in [-0.15, -0.1) is 10.2 Å². The number of hydrogen-bond donors (Lipinski definition) is 0. The zero-order valence-corrected chi connectivity index (χ0v) is 15.2. The Balaban J connectivity index is 1.59. The lowest BCUT2D eigenvalue weighted by atomic mass is 10.1. The molecule has 1 aromatic carbocycles. The van der Waals surface area contributed by atoms with Crippen LogP contribution in [0.4, 0.5) is 0 Å². The highest BCUT2D eigenvalue weighted by Gasteiger charge is 2.36. The summed E-state index contributed by atoms with van der Waals surface area (Å²) in [5, 5.41) is 12.6. The maximum atomic E-state index is 13.0. The van der Waals surface area contributed by atoms with Crippen molar-refractivity contribution in [2.45, 2.75) is 39.3 Å². The predicted octanol–water partition coefficient (Wildman–Crippen LogP) is 3.80. The van der Waals surface area contributed by atoms with Gasteiger partial charge in [-0.2, -0.15) is 0 Å². The van der Waals surface area contributed by atoms with Crippen LogP contribution in [-0.2, 0) is 6.54 Å². The highest BCUT2D eigenvalue weighted by atomic mass is 35.5. The third kappa shape index (κ3) is 3.10. The van der Waals surface area contributed by atoms with E-state index in [1.807, 2.05) is 18.2 Å². The maximum absolute atomic E-state index is 13.0. The predicted molar refractivity (Wildman–Crippen MR) is 93.6 cm³/mol. The normalized spacial score (nSPS) is 13.8. The molecule has 1 amide bonds. The molecule has 2 aromatic heterocycles. The summed E-state index contributed by atoms with van der Waals surface area (Å²) >= 11 is 6.18. The summed E-state index contributed by atoms with van der Waals surface area (Å²) < 4.78 is 10.9. The second-order valence-corrected chi connectivity index (χ2v) is 6.75. The molecule has 1 fully saturated rings. The van der Waals surface area contributed by atoms with Gasteiger partial charge in [0.05, 0.1) is 22.8 Å². The fraction of sp³-hybridized carbons (Fsp3) is 0.333. The Bertz CT molecular complexity index is 942. The second-order valence-electron chi connectivity index (χ2n) is 6.34. The first kappa shape index (κ1) is 16.8. The first-order valence-corrected chi connectivity index (χ1v) is 8.73. The van der Waals surface area contributed by atoms with E-state index in [0.29, 0.717) is 39.4 Å². The first-order valence-electron chi connectivity index (χ1n) is 8.35. The van der Waals surface area contributed by atoms with Crippen molar-refractivity contribution < 1.29 is 13.7 Å². The van der Waals surface area contributed by atoms with Crippen molar-refractivity contribution in [3.05, 3.63) is 52.2 Å². The van der Waals surface area contributed by atoms with Crippen LogP contribution in [0, 0.1) is 13.8 Å². The van der Waals surface area contributed by atoms with Crippen LogP contribution in [0.5, 0.6) is 0 Å². The zero-order valence-electron chi connectivity index (χ0n) is 14.4. The minimum atomic E-state index is -0.124. The van der Waals surface area contributed by atoms with Crippen molar-refractivity contribution in [1.82, 2.24) is 20.3 Å². The minimum Gasteiger partial charge on any atom is -0.419 e. The van der Waals surface area contributed by atoms with Gasteiger partial charge >= 0.3 is 0 Å². The van der Waals surface area contributed by atoms with Gasteiger partial charge in [0.1, 0.15) is 11.3 Å². The number of aryl methyl sites for hydroxylation is 2. The number of carbonyl (C=O) groups is 1. The monoisotopic (exact) mass is 372 g/mol. The van der Waals surface area contributed by atoms with Crippen LogP contribution in [0.1, 0.15) is 40.5 Å². The van der Waals surface area contributed by atoms with Gasteiger partial charge < -0.3 is 13.8 Å². The molecule has 1 aliphatic rings. The van der Waals surface area contributed by atoms with E-state index >= 15 is 0 Å². The average Bonchev–Trinajstić information content (AvgIpc) is 3.27. The molecule has 0 unspecified atom stereocenters. The van der Waals surface area contributed by atoms with E-state index in [1.54, 1.807) is 24.8 Å². The molecule has 0 spiro atoms. The lowest BCUT2D eigenvalue weighted by Crippen LogP contribution is -2.33. The molecule has 26 heavy (non-hydrogen) atoms. The van der Waals surface area contributed by atoms with Gasteiger partial charge in [-0.3, -0.25) is 4.79 Å². The second kappa shape index (κ2) is 6.57. The van der Waals surface area contributed by atoms with Crippen LogP contribution < -0.4 is 0 Å². The van der Waals surface area contributed by atoms with Crippen LogP contribution in [0.25, 0.3) is 11.5 Å².